The second kappa shape index (κ2) is 3.46. The first-order valence-electron chi connectivity index (χ1n) is 5.57. The van der Waals surface area contributed by atoms with Gasteiger partial charge in [-0.3, -0.25) is 4.79 Å². The maximum atomic E-state index is 11.8. The Morgan fingerprint density at radius 1 is 1.53 bits per heavy atom. The second-order valence-electron chi connectivity index (χ2n) is 5.22. The first kappa shape index (κ1) is 10.9. The highest BCUT2D eigenvalue weighted by atomic mass is 16.5. The quantitative estimate of drug-likeness (QED) is 0.719. The molecule has 0 radical (unpaired) electrons. The molecular weight excluding hydrogens is 192 g/mol. The number of carbonyl (C=O) groups is 1. The molecule has 4 heteroatoms. The fraction of sp³-hybridized carbons (Fsp3) is 0.909. The minimum Gasteiger partial charge on any atom is -0.381 e. The van der Waals surface area contributed by atoms with E-state index in [0.29, 0.717) is 6.04 Å². The summed E-state index contributed by atoms with van der Waals surface area (Å²) in [4.78, 5) is 13.7. The van der Waals surface area contributed by atoms with Crippen molar-refractivity contribution in [2.75, 3.05) is 13.7 Å². The van der Waals surface area contributed by atoms with Crippen LogP contribution in [0.25, 0.3) is 0 Å². The van der Waals surface area contributed by atoms with Gasteiger partial charge in [-0.1, -0.05) is 13.8 Å². The highest BCUT2D eigenvalue weighted by molar-refractivity contribution is 5.84. The highest BCUT2D eigenvalue weighted by Gasteiger charge is 2.53. The number of ether oxygens (including phenoxy) is 1. The van der Waals surface area contributed by atoms with Gasteiger partial charge in [0.2, 0.25) is 5.91 Å². The molecule has 1 amide bonds. The van der Waals surface area contributed by atoms with Gasteiger partial charge < -0.3 is 15.4 Å². The summed E-state index contributed by atoms with van der Waals surface area (Å²) in [6.45, 7) is 5.13. The number of carbonyl (C=O) groups excluding carboxylic acids is 1. The van der Waals surface area contributed by atoms with E-state index in [1.807, 2.05) is 4.90 Å². The van der Waals surface area contributed by atoms with E-state index in [1.54, 1.807) is 7.11 Å². The Hall–Kier alpha value is -0.610. The van der Waals surface area contributed by atoms with Crippen molar-refractivity contribution in [1.82, 2.24) is 4.90 Å². The Bertz CT molecular complexity index is 278. The fourth-order valence-electron chi connectivity index (χ4n) is 2.83. The molecule has 2 aliphatic rings. The lowest BCUT2D eigenvalue weighted by Crippen LogP contribution is -2.62. The number of amides is 1. The average Bonchev–Trinajstić information content (AvgIpc) is 2.49. The molecular formula is C11H20N2O2. The number of nitrogens with two attached hydrogens (primary N) is 1. The molecule has 0 spiro atoms. The zero-order valence-electron chi connectivity index (χ0n) is 9.69. The Balaban J connectivity index is 2.06. The maximum Gasteiger partial charge on any atom is 0.239 e. The van der Waals surface area contributed by atoms with E-state index >= 15 is 0 Å². The molecule has 3 unspecified atom stereocenters. The van der Waals surface area contributed by atoms with Crippen molar-refractivity contribution in [2.45, 2.75) is 44.9 Å². The minimum atomic E-state index is -0.276. The predicted octanol–water partition coefficient (Wildman–Crippen LogP) is 0.359. The van der Waals surface area contributed by atoms with Crippen LogP contribution in [-0.4, -0.2) is 42.6 Å². The van der Waals surface area contributed by atoms with Crippen molar-refractivity contribution in [3.05, 3.63) is 0 Å². The molecule has 1 aliphatic heterocycles. The van der Waals surface area contributed by atoms with Gasteiger partial charge in [-0.25, -0.2) is 0 Å². The lowest BCUT2D eigenvalue weighted by molar-refractivity contribution is -0.157. The number of rotatable bonds is 2. The van der Waals surface area contributed by atoms with Gasteiger partial charge in [-0.05, 0) is 12.8 Å². The van der Waals surface area contributed by atoms with Gasteiger partial charge in [-0.15, -0.1) is 0 Å². The molecule has 0 aromatic heterocycles. The van der Waals surface area contributed by atoms with Crippen LogP contribution in [0.2, 0.25) is 0 Å². The largest absolute Gasteiger partial charge is 0.381 e. The molecule has 1 heterocycles. The van der Waals surface area contributed by atoms with E-state index in [-0.39, 0.29) is 23.5 Å². The van der Waals surface area contributed by atoms with E-state index in [2.05, 4.69) is 13.8 Å². The van der Waals surface area contributed by atoms with Crippen molar-refractivity contribution >= 4 is 5.91 Å². The molecule has 2 rings (SSSR count). The third kappa shape index (κ3) is 1.47. The normalized spacial score (nSPS) is 39.3. The van der Waals surface area contributed by atoms with Crippen LogP contribution in [0.1, 0.15) is 26.7 Å². The van der Waals surface area contributed by atoms with Gasteiger partial charge in [0.15, 0.2) is 0 Å². The average molecular weight is 212 g/mol. The van der Waals surface area contributed by atoms with E-state index < -0.39 is 0 Å². The Morgan fingerprint density at radius 2 is 2.20 bits per heavy atom. The minimum absolute atomic E-state index is 0.0640. The summed E-state index contributed by atoms with van der Waals surface area (Å²) in [5.41, 5.74) is 5.78. The standard InChI is InChI=1S/C11H20N2O2/c1-11(2)8(6-9(11)15-3)13-5-4-7(12)10(13)14/h7-9H,4-6,12H2,1-3H3. The molecule has 0 aromatic carbocycles. The molecule has 2 N–H and O–H groups in total. The van der Waals surface area contributed by atoms with Crippen LogP contribution < -0.4 is 5.73 Å². The molecule has 1 aliphatic carbocycles. The first-order valence-corrected chi connectivity index (χ1v) is 5.57. The number of nitrogens with zero attached hydrogens (tertiary/aromatic N) is 1. The smallest absolute Gasteiger partial charge is 0.239 e. The Kier molecular flexibility index (Phi) is 2.51. The molecule has 4 nitrogen and oxygen atoms in total. The molecule has 3 atom stereocenters. The number of hydrogen-bond acceptors (Lipinski definition) is 3. The van der Waals surface area contributed by atoms with Crippen LogP contribution in [0.15, 0.2) is 0 Å². The maximum absolute atomic E-state index is 11.8. The summed E-state index contributed by atoms with van der Waals surface area (Å²) in [5.74, 6) is 0.114. The second-order valence-corrected chi connectivity index (χ2v) is 5.22. The van der Waals surface area contributed by atoms with Crippen molar-refractivity contribution in [2.24, 2.45) is 11.1 Å². The molecule has 0 aromatic rings. The monoisotopic (exact) mass is 212 g/mol. The summed E-state index contributed by atoms with van der Waals surface area (Å²) in [7, 11) is 1.74. The number of methoxy groups -OCH3 is 1. The number of likely N-dealkylation sites (tertiary alicyclic amines) is 1. The summed E-state index contributed by atoms with van der Waals surface area (Å²) in [6, 6.07) is 0.0332. The van der Waals surface area contributed by atoms with E-state index in [0.717, 1.165) is 19.4 Å². The highest BCUT2D eigenvalue weighted by Crippen LogP contribution is 2.46. The lowest BCUT2D eigenvalue weighted by atomic mass is 9.64. The Labute approximate surface area is 90.8 Å². The summed E-state index contributed by atoms with van der Waals surface area (Å²) in [6.07, 6.45) is 2.01. The van der Waals surface area contributed by atoms with Crippen molar-refractivity contribution in [3.63, 3.8) is 0 Å². The molecule has 1 saturated heterocycles. The molecule has 0 bridgehead atoms. The van der Waals surface area contributed by atoms with Crippen LogP contribution in [0.5, 0.6) is 0 Å². The van der Waals surface area contributed by atoms with Crippen molar-refractivity contribution < 1.29 is 9.53 Å². The van der Waals surface area contributed by atoms with Crippen LogP contribution in [0.3, 0.4) is 0 Å². The fourth-order valence-corrected chi connectivity index (χ4v) is 2.83. The van der Waals surface area contributed by atoms with Gasteiger partial charge in [0, 0.05) is 25.1 Å². The van der Waals surface area contributed by atoms with Crippen LogP contribution in [0, 0.1) is 5.41 Å². The topological polar surface area (TPSA) is 55.6 Å². The molecule has 1 saturated carbocycles. The van der Waals surface area contributed by atoms with Crippen LogP contribution in [0.4, 0.5) is 0 Å². The van der Waals surface area contributed by atoms with Crippen LogP contribution in [-0.2, 0) is 9.53 Å². The first-order chi connectivity index (χ1) is 6.98. The SMILES string of the molecule is COC1CC(N2CCC(N)C2=O)C1(C)C. The summed E-state index contributed by atoms with van der Waals surface area (Å²) in [5, 5.41) is 0. The van der Waals surface area contributed by atoms with E-state index in [4.69, 9.17) is 10.5 Å². The Morgan fingerprint density at radius 3 is 2.60 bits per heavy atom. The summed E-state index contributed by atoms with van der Waals surface area (Å²) < 4.78 is 5.38. The predicted molar refractivity (Wildman–Crippen MR) is 57.3 cm³/mol. The van der Waals surface area contributed by atoms with Crippen molar-refractivity contribution in [1.29, 1.82) is 0 Å². The molecule has 15 heavy (non-hydrogen) atoms. The zero-order valence-corrected chi connectivity index (χ0v) is 9.69. The lowest BCUT2D eigenvalue weighted by Gasteiger charge is -2.54. The molecule has 86 valence electrons. The third-order valence-electron chi connectivity index (χ3n) is 4.07. The molecule has 2 fully saturated rings. The van der Waals surface area contributed by atoms with Gasteiger partial charge >= 0.3 is 0 Å². The van der Waals surface area contributed by atoms with E-state index in [1.165, 1.54) is 0 Å². The van der Waals surface area contributed by atoms with Crippen LogP contribution >= 0.6 is 0 Å². The number of hydrogen-bond donors (Lipinski definition) is 1. The van der Waals surface area contributed by atoms with Gasteiger partial charge in [0.05, 0.1) is 12.1 Å². The summed E-state index contributed by atoms with van der Waals surface area (Å²) >= 11 is 0. The van der Waals surface area contributed by atoms with Crippen molar-refractivity contribution in [3.8, 4) is 0 Å². The van der Waals surface area contributed by atoms with Gasteiger partial charge in [-0.2, -0.15) is 0 Å². The van der Waals surface area contributed by atoms with E-state index in [9.17, 15) is 4.79 Å². The van der Waals surface area contributed by atoms with Gasteiger partial charge in [0.25, 0.3) is 0 Å². The third-order valence-corrected chi connectivity index (χ3v) is 4.07. The zero-order chi connectivity index (χ0) is 11.2. The van der Waals surface area contributed by atoms with Gasteiger partial charge in [0.1, 0.15) is 0 Å².